The Balaban J connectivity index is 2.42. The van der Waals surface area contributed by atoms with Crippen LogP contribution in [0.4, 0.5) is 10.3 Å². The highest BCUT2D eigenvalue weighted by Gasteiger charge is 2.16. The van der Waals surface area contributed by atoms with Gasteiger partial charge in [-0.25, -0.2) is 9.37 Å². The topological polar surface area (TPSA) is 43.8 Å². The van der Waals surface area contributed by atoms with E-state index in [-0.39, 0.29) is 5.82 Å². The highest BCUT2D eigenvalue weighted by molar-refractivity contribution is 9.11. The van der Waals surface area contributed by atoms with Crippen LogP contribution >= 0.6 is 47.8 Å². The molecule has 3 rings (SSSR count). The Morgan fingerprint density at radius 3 is 2.35 bits per heavy atom. The van der Waals surface area contributed by atoms with E-state index >= 15 is 0 Å². The lowest BCUT2D eigenvalue weighted by Crippen LogP contribution is -2.02. The number of hydrogen-bond acceptors (Lipinski definition) is 2. The number of fused-ring (bicyclic) bond motifs is 1. The first kappa shape index (κ1) is 14.0. The second-order valence-electron chi connectivity index (χ2n) is 4.13. The molecule has 0 saturated carbocycles. The predicted molar refractivity (Wildman–Crippen MR) is 88.5 cm³/mol. The van der Waals surface area contributed by atoms with Crippen molar-refractivity contribution in [2.24, 2.45) is 0 Å². The van der Waals surface area contributed by atoms with Gasteiger partial charge < -0.3 is 5.73 Å². The summed E-state index contributed by atoms with van der Waals surface area (Å²) in [4.78, 5) is 4.21. The Hall–Kier alpha value is -0.920. The number of benzene rings is 2. The Morgan fingerprint density at radius 1 is 1.05 bits per heavy atom. The molecule has 102 valence electrons. The maximum absolute atomic E-state index is 13.6. The van der Waals surface area contributed by atoms with Gasteiger partial charge in [0.1, 0.15) is 5.82 Å². The van der Waals surface area contributed by atoms with Crippen molar-refractivity contribution in [2.75, 3.05) is 5.73 Å². The van der Waals surface area contributed by atoms with Crippen molar-refractivity contribution in [3.05, 3.63) is 49.6 Å². The minimum Gasteiger partial charge on any atom is -0.369 e. The molecule has 2 aromatic carbocycles. The van der Waals surface area contributed by atoms with Crippen molar-refractivity contribution in [3.8, 4) is 5.69 Å². The monoisotopic (exact) mass is 461 g/mol. The van der Waals surface area contributed by atoms with Crippen LogP contribution in [0.3, 0.4) is 0 Å². The van der Waals surface area contributed by atoms with Crippen LogP contribution in [0, 0.1) is 5.82 Å². The molecular weight excluding hydrogens is 457 g/mol. The van der Waals surface area contributed by atoms with Crippen LogP contribution in [0.5, 0.6) is 0 Å². The van der Waals surface area contributed by atoms with E-state index < -0.39 is 0 Å². The normalized spacial score (nSPS) is 11.2. The van der Waals surface area contributed by atoms with Gasteiger partial charge in [-0.2, -0.15) is 0 Å². The Labute approximate surface area is 139 Å². The zero-order valence-corrected chi connectivity index (χ0v) is 14.6. The van der Waals surface area contributed by atoms with Crippen LogP contribution in [-0.2, 0) is 0 Å². The average molecular weight is 464 g/mol. The molecule has 0 saturated heterocycles. The molecule has 0 aliphatic carbocycles. The molecule has 0 aliphatic heterocycles. The summed E-state index contributed by atoms with van der Waals surface area (Å²) >= 11 is 10.2. The molecule has 3 nitrogen and oxygen atoms in total. The summed E-state index contributed by atoms with van der Waals surface area (Å²) in [6, 6.07) is 8.74. The summed E-state index contributed by atoms with van der Waals surface area (Å²) in [6.07, 6.45) is 0. The fourth-order valence-electron chi connectivity index (χ4n) is 2.03. The number of nitrogen functional groups attached to an aromatic ring is 1. The summed E-state index contributed by atoms with van der Waals surface area (Å²) in [5.41, 5.74) is 8.05. The molecule has 0 spiro atoms. The highest BCUT2D eigenvalue weighted by Crippen LogP contribution is 2.35. The number of hydrogen-bond donors (Lipinski definition) is 1. The Kier molecular flexibility index (Phi) is 3.60. The van der Waals surface area contributed by atoms with Gasteiger partial charge in [0.15, 0.2) is 0 Å². The standard InChI is InChI=1S/C13H7Br3FN3/c14-6-2-1-3-7(15)12(6)20-11-4-8(16)9(17)5-10(11)19-13(20)18/h1-5H,(H2,18,19). The lowest BCUT2D eigenvalue weighted by atomic mass is 10.2. The largest absolute Gasteiger partial charge is 0.369 e. The Morgan fingerprint density at radius 2 is 1.70 bits per heavy atom. The number of nitrogens with two attached hydrogens (primary N) is 1. The van der Waals surface area contributed by atoms with Crippen LogP contribution in [0.2, 0.25) is 0 Å². The van der Waals surface area contributed by atoms with Gasteiger partial charge in [0.25, 0.3) is 0 Å². The van der Waals surface area contributed by atoms with Gasteiger partial charge in [-0.1, -0.05) is 6.07 Å². The van der Waals surface area contributed by atoms with Crippen molar-refractivity contribution in [1.82, 2.24) is 9.55 Å². The third kappa shape index (κ3) is 2.17. The molecule has 0 unspecified atom stereocenters. The number of rotatable bonds is 1. The third-order valence-corrected chi connectivity index (χ3v) is 4.77. The molecule has 0 fully saturated rings. The van der Waals surface area contributed by atoms with Crippen molar-refractivity contribution in [3.63, 3.8) is 0 Å². The van der Waals surface area contributed by atoms with Crippen molar-refractivity contribution < 1.29 is 4.39 Å². The highest BCUT2D eigenvalue weighted by atomic mass is 79.9. The predicted octanol–water partition coefficient (Wildman–Crippen LogP) is 5.03. The van der Waals surface area contributed by atoms with E-state index in [4.69, 9.17) is 5.73 Å². The molecule has 3 aromatic rings. The summed E-state index contributed by atoms with van der Waals surface area (Å²) in [6.45, 7) is 0. The first-order valence-electron chi connectivity index (χ1n) is 5.56. The molecule has 0 aliphatic rings. The van der Waals surface area contributed by atoms with Crippen molar-refractivity contribution >= 4 is 64.8 Å². The van der Waals surface area contributed by atoms with Gasteiger partial charge in [0.05, 0.1) is 21.2 Å². The third-order valence-electron chi connectivity index (χ3n) is 2.88. The number of halogens is 4. The lowest BCUT2D eigenvalue weighted by Gasteiger charge is -2.11. The zero-order valence-electron chi connectivity index (χ0n) is 9.87. The summed E-state index contributed by atoms with van der Waals surface area (Å²) < 4.78 is 17.5. The second kappa shape index (κ2) is 5.13. The summed E-state index contributed by atoms with van der Waals surface area (Å²) in [5.74, 6) is -0.0709. The number of nitrogens with zero attached hydrogens (tertiary/aromatic N) is 2. The molecular formula is C13H7Br3FN3. The molecule has 7 heteroatoms. The molecule has 0 radical (unpaired) electrons. The molecule has 0 amide bonds. The molecule has 1 heterocycles. The van der Waals surface area contributed by atoms with Gasteiger partial charge >= 0.3 is 0 Å². The van der Waals surface area contributed by atoms with Crippen LogP contribution < -0.4 is 5.73 Å². The van der Waals surface area contributed by atoms with Gasteiger partial charge in [-0.05, 0) is 66.0 Å². The van der Waals surface area contributed by atoms with Crippen LogP contribution in [0.1, 0.15) is 0 Å². The quantitative estimate of drug-likeness (QED) is 0.550. The van der Waals surface area contributed by atoms with Crippen LogP contribution in [0.15, 0.2) is 43.7 Å². The molecule has 20 heavy (non-hydrogen) atoms. The second-order valence-corrected chi connectivity index (χ2v) is 6.69. The van der Waals surface area contributed by atoms with Crippen molar-refractivity contribution in [2.45, 2.75) is 0 Å². The summed E-state index contributed by atoms with van der Waals surface area (Å²) in [5, 5.41) is 0. The van der Waals surface area contributed by atoms with E-state index in [2.05, 4.69) is 52.8 Å². The SMILES string of the molecule is Nc1nc2cc(F)c(Br)cc2n1-c1c(Br)cccc1Br. The van der Waals surface area contributed by atoms with E-state index in [9.17, 15) is 4.39 Å². The van der Waals surface area contributed by atoms with Gasteiger partial charge in [0.2, 0.25) is 5.95 Å². The number of para-hydroxylation sites is 1. The first-order valence-corrected chi connectivity index (χ1v) is 7.94. The molecule has 0 atom stereocenters. The molecule has 2 N–H and O–H groups in total. The minimum atomic E-state index is -0.367. The number of anilines is 1. The summed E-state index contributed by atoms with van der Waals surface area (Å²) in [7, 11) is 0. The van der Waals surface area contributed by atoms with E-state index in [1.54, 1.807) is 10.6 Å². The average Bonchev–Trinajstić information content (AvgIpc) is 2.67. The van der Waals surface area contributed by atoms with Gasteiger partial charge in [0, 0.05) is 15.0 Å². The first-order chi connectivity index (χ1) is 9.49. The number of imidazole rings is 1. The van der Waals surface area contributed by atoms with Crippen LogP contribution in [0.25, 0.3) is 16.7 Å². The van der Waals surface area contributed by atoms with Gasteiger partial charge in [-0.3, -0.25) is 4.57 Å². The van der Waals surface area contributed by atoms with Gasteiger partial charge in [-0.15, -0.1) is 0 Å². The Bertz CT molecular complexity index is 809. The van der Waals surface area contributed by atoms with E-state index in [0.717, 1.165) is 20.1 Å². The maximum Gasteiger partial charge on any atom is 0.206 e. The smallest absolute Gasteiger partial charge is 0.206 e. The lowest BCUT2D eigenvalue weighted by molar-refractivity contribution is 0.623. The fraction of sp³-hybridized carbons (Fsp3) is 0. The molecule has 0 bridgehead atoms. The number of aromatic nitrogens is 2. The van der Waals surface area contributed by atoms with E-state index in [1.807, 2.05) is 18.2 Å². The van der Waals surface area contributed by atoms with E-state index in [1.165, 1.54) is 6.07 Å². The zero-order chi connectivity index (χ0) is 14.4. The van der Waals surface area contributed by atoms with E-state index in [0.29, 0.717) is 15.9 Å². The maximum atomic E-state index is 13.6. The fourth-order valence-corrected chi connectivity index (χ4v) is 3.71. The molecule has 1 aromatic heterocycles. The van der Waals surface area contributed by atoms with Crippen LogP contribution in [-0.4, -0.2) is 9.55 Å². The van der Waals surface area contributed by atoms with Crippen molar-refractivity contribution in [1.29, 1.82) is 0 Å². The minimum absolute atomic E-state index is 0.296.